The maximum atomic E-state index is 3.65. The monoisotopic (exact) mass is 267 g/mol. The fourth-order valence-corrected chi connectivity index (χ4v) is 2.60. The fourth-order valence-electron chi connectivity index (χ4n) is 2.60. The van der Waals surface area contributed by atoms with Crippen LogP contribution in [0.1, 0.15) is 46.3 Å². The predicted molar refractivity (Wildman–Crippen MR) is 87.1 cm³/mol. The topological polar surface area (TPSA) is 12.0 Å². The van der Waals surface area contributed by atoms with E-state index >= 15 is 0 Å². The van der Waals surface area contributed by atoms with Gasteiger partial charge in [0.15, 0.2) is 0 Å². The minimum Gasteiger partial charge on any atom is -0.306 e. The average Bonchev–Trinajstić information content (AvgIpc) is 2.43. The van der Waals surface area contributed by atoms with Crippen LogP contribution in [0, 0.1) is 27.7 Å². The van der Waals surface area contributed by atoms with Crippen LogP contribution in [0.3, 0.4) is 0 Å². The molecule has 2 aromatic rings. The summed E-state index contributed by atoms with van der Waals surface area (Å²) in [5.41, 5.74) is 8.23. The number of benzene rings is 2. The summed E-state index contributed by atoms with van der Waals surface area (Å²) < 4.78 is 0. The van der Waals surface area contributed by atoms with Gasteiger partial charge in [0.2, 0.25) is 0 Å². The first-order valence-corrected chi connectivity index (χ1v) is 7.34. The summed E-state index contributed by atoms with van der Waals surface area (Å²) in [4.78, 5) is 0. The van der Waals surface area contributed by atoms with Gasteiger partial charge in [0.25, 0.3) is 0 Å². The third kappa shape index (κ3) is 3.29. The molecule has 0 spiro atoms. The van der Waals surface area contributed by atoms with E-state index in [1.54, 1.807) is 0 Å². The normalized spacial score (nSPS) is 12.4. The van der Waals surface area contributed by atoms with Crippen molar-refractivity contribution >= 4 is 0 Å². The molecular formula is C19H25N. The van der Waals surface area contributed by atoms with Crippen molar-refractivity contribution in [2.24, 2.45) is 0 Å². The number of hydrogen-bond acceptors (Lipinski definition) is 1. The SMILES string of the molecule is Cc1ccc(C)c(C(C)NCc2cccc(C)c2C)c1. The van der Waals surface area contributed by atoms with Gasteiger partial charge in [-0.1, -0.05) is 42.0 Å². The molecule has 1 N–H and O–H groups in total. The smallest absolute Gasteiger partial charge is 0.0297 e. The minimum atomic E-state index is 0.370. The van der Waals surface area contributed by atoms with Gasteiger partial charge in [-0.3, -0.25) is 0 Å². The van der Waals surface area contributed by atoms with E-state index in [9.17, 15) is 0 Å². The maximum Gasteiger partial charge on any atom is 0.0297 e. The second-order valence-corrected chi connectivity index (χ2v) is 5.82. The third-order valence-corrected chi connectivity index (χ3v) is 4.22. The van der Waals surface area contributed by atoms with E-state index in [1.165, 1.54) is 33.4 Å². The van der Waals surface area contributed by atoms with Gasteiger partial charge in [-0.25, -0.2) is 0 Å². The Kier molecular flexibility index (Phi) is 4.61. The van der Waals surface area contributed by atoms with Crippen molar-refractivity contribution < 1.29 is 0 Å². The zero-order valence-electron chi connectivity index (χ0n) is 13.2. The molecule has 1 heteroatoms. The summed E-state index contributed by atoms with van der Waals surface area (Å²) in [5, 5.41) is 3.65. The molecule has 1 unspecified atom stereocenters. The second-order valence-electron chi connectivity index (χ2n) is 5.82. The summed E-state index contributed by atoms with van der Waals surface area (Å²) in [6.45, 7) is 11.9. The molecule has 2 rings (SSSR count). The van der Waals surface area contributed by atoms with Crippen LogP contribution in [0.25, 0.3) is 0 Å². The fraction of sp³-hybridized carbons (Fsp3) is 0.368. The molecule has 0 aliphatic carbocycles. The summed E-state index contributed by atoms with van der Waals surface area (Å²) in [5.74, 6) is 0. The van der Waals surface area contributed by atoms with Gasteiger partial charge >= 0.3 is 0 Å². The highest BCUT2D eigenvalue weighted by Crippen LogP contribution is 2.20. The summed E-state index contributed by atoms with van der Waals surface area (Å²) in [6, 6.07) is 13.6. The zero-order chi connectivity index (χ0) is 14.7. The van der Waals surface area contributed by atoms with Crippen LogP contribution in [0.2, 0.25) is 0 Å². The Balaban J connectivity index is 2.10. The van der Waals surface area contributed by atoms with E-state index in [2.05, 4.69) is 76.3 Å². The van der Waals surface area contributed by atoms with E-state index in [4.69, 9.17) is 0 Å². The molecule has 106 valence electrons. The lowest BCUT2D eigenvalue weighted by molar-refractivity contribution is 0.570. The van der Waals surface area contributed by atoms with Crippen LogP contribution >= 0.6 is 0 Å². The Morgan fingerprint density at radius 1 is 0.950 bits per heavy atom. The largest absolute Gasteiger partial charge is 0.306 e. The number of nitrogens with one attached hydrogen (secondary N) is 1. The van der Waals surface area contributed by atoms with Crippen molar-refractivity contribution in [3.05, 3.63) is 69.8 Å². The lowest BCUT2D eigenvalue weighted by Crippen LogP contribution is -2.19. The molecule has 0 aromatic heterocycles. The molecule has 0 saturated heterocycles. The molecule has 2 aromatic carbocycles. The van der Waals surface area contributed by atoms with Gasteiger partial charge in [0.05, 0.1) is 0 Å². The summed E-state index contributed by atoms with van der Waals surface area (Å²) in [7, 11) is 0. The Morgan fingerprint density at radius 2 is 1.70 bits per heavy atom. The van der Waals surface area contributed by atoms with Crippen LogP contribution in [-0.2, 0) is 6.54 Å². The number of aryl methyl sites for hydroxylation is 3. The van der Waals surface area contributed by atoms with Crippen molar-refractivity contribution in [3.63, 3.8) is 0 Å². The van der Waals surface area contributed by atoms with Crippen LogP contribution in [-0.4, -0.2) is 0 Å². The first-order valence-electron chi connectivity index (χ1n) is 7.34. The van der Waals surface area contributed by atoms with Crippen molar-refractivity contribution in [2.75, 3.05) is 0 Å². The molecule has 0 radical (unpaired) electrons. The van der Waals surface area contributed by atoms with Gasteiger partial charge in [0.1, 0.15) is 0 Å². The van der Waals surface area contributed by atoms with Gasteiger partial charge < -0.3 is 5.32 Å². The van der Waals surface area contributed by atoms with E-state index in [-0.39, 0.29) is 0 Å². The van der Waals surface area contributed by atoms with Gasteiger partial charge in [-0.2, -0.15) is 0 Å². The van der Waals surface area contributed by atoms with Crippen molar-refractivity contribution in [2.45, 2.75) is 47.2 Å². The molecule has 0 aliphatic heterocycles. The molecule has 20 heavy (non-hydrogen) atoms. The van der Waals surface area contributed by atoms with Crippen molar-refractivity contribution in [1.29, 1.82) is 0 Å². The Morgan fingerprint density at radius 3 is 2.45 bits per heavy atom. The molecule has 0 amide bonds. The Hall–Kier alpha value is -1.60. The van der Waals surface area contributed by atoms with Crippen molar-refractivity contribution in [1.82, 2.24) is 5.32 Å². The van der Waals surface area contributed by atoms with E-state index in [0.717, 1.165) is 6.54 Å². The average molecular weight is 267 g/mol. The number of hydrogen-bond donors (Lipinski definition) is 1. The zero-order valence-corrected chi connectivity index (χ0v) is 13.2. The van der Waals surface area contributed by atoms with Crippen LogP contribution in [0.4, 0.5) is 0 Å². The third-order valence-electron chi connectivity index (χ3n) is 4.22. The van der Waals surface area contributed by atoms with E-state index < -0.39 is 0 Å². The standard InChI is InChI=1S/C19H25N/c1-13-9-10-15(3)19(11-13)17(5)20-12-18-8-6-7-14(2)16(18)4/h6-11,17,20H,12H2,1-5H3. The first kappa shape index (κ1) is 14.8. The molecule has 1 atom stereocenters. The molecule has 0 aliphatic rings. The Labute approximate surface area is 123 Å². The lowest BCUT2D eigenvalue weighted by Gasteiger charge is -2.18. The highest BCUT2D eigenvalue weighted by Gasteiger charge is 2.09. The van der Waals surface area contributed by atoms with E-state index in [0.29, 0.717) is 6.04 Å². The molecule has 0 fully saturated rings. The molecule has 0 saturated carbocycles. The summed E-state index contributed by atoms with van der Waals surface area (Å²) in [6.07, 6.45) is 0. The molecule has 1 nitrogen and oxygen atoms in total. The Bertz CT molecular complexity index is 599. The molecular weight excluding hydrogens is 242 g/mol. The molecule has 0 heterocycles. The van der Waals surface area contributed by atoms with Crippen LogP contribution < -0.4 is 5.32 Å². The quantitative estimate of drug-likeness (QED) is 0.841. The van der Waals surface area contributed by atoms with Crippen LogP contribution in [0.5, 0.6) is 0 Å². The predicted octanol–water partition coefficient (Wildman–Crippen LogP) is 4.77. The summed E-state index contributed by atoms with van der Waals surface area (Å²) >= 11 is 0. The van der Waals surface area contributed by atoms with Gasteiger partial charge in [-0.15, -0.1) is 0 Å². The molecule has 0 bridgehead atoms. The first-order chi connectivity index (χ1) is 9.49. The highest BCUT2D eigenvalue weighted by atomic mass is 14.9. The minimum absolute atomic E-state index is 0.370. The van der Waals surface area contributed by atoms with Crippen LogP contribution in [0.15, 0.2) is 36.4 Å². The maximum absolute atomic E-state index is 3.65. The van der Waals surface area contributed by atoms with Gasteiger partial charge in [-0.05, 0) is 62.4 Å². The van der Waals surface area contributed by atoms with Crippen molar-refractivity contribution in [3.8, 4) is 0 Å². The van der Waals surface area contributed by atoms with E-state index in [1.807, 2.05) is 0 Å². The number of rotatable bonds is 4. The lowest BCUT2D eigenvalue weighted by atomic mass is 9.99. The highest BCUT2D eigenvalue weighted by molar-refractivity contribution is 5.34. The van der Waals surface area contributed by atoms with Gasteiger partial charge in [0, 0.05) is 12.6 Å². The second kappa shape index (κ2) is 6.23.